The second kappa shape index (κ2) is 10.3. The van der Waals surface area contributed by atoms with Gasteiger partial charge in [0.2, 0.25) is 5.91 Å². The Labute approximate surface area is 166 Å². The molecule has 2 rings (SSSR count). The summed E-state index contributed by atoms with van der Waals surface area (Å²) in [6, 6.07) is 14.8. The zero-order valence-electron chi connectivity index (χ0n) is 16.9. The van der Waals surface area contributed by atoms with Crippen molar-refractivity contribution in [2.75, 3.05) is 32.1 Å². The number of nitrogens with zero attached hydrogens (tertiary/aromatic N) is 1. The molecule has 0 fully saturated rings. The molecule has 0 spiro atoms. The van der Waals surface area contributed by atoms with Gasteiger partial charge in [-0.1, -0.05) is 32.0 Å². The van der Waals surface area contributed by atoms with Crippen molar-refractivity contribution in [3.05, 3.63) is 54.1 Å². The molecule has 0 heterocycles. The zero-order valence-corrected chi connectivity index (χ0v) is 16.9. The number of carbonyl (C=O) groups excluding carboxylic acids is 2. The van der Waals surface area contributed by atoms with Crippen molar-refractivity contribution >= 4 is 17.5 Å². The molecule has 2 aromatic carbocycles. The minimum atomic E-state index is -0.273. The Kier molecular flexibility index (Phi) is 7.87. The number of anilines is 1. The SMILES string of the molecule is CCN(CC(=O)Nc1cccc(OC)c1)C(=O)COc1ccc(C(C)C)cc1. The predicted octanol–water partition coefficient (Wildman–Crippen LogP) is 3.68. The molecule has 0 aliphatic carbocycles. The molecule has 0 aromatic heterocycles. The first-order valence-electron chi connectivity index (χ1n) is 9.37. The van der Waals surface area contributed by atoms with E-state index in [1.54, 1.807) is 31.4 Å². The summed E-state index contributed by atoms with van der Waals surface area (Å²) in [5.41, 5.74) is 1.83. The van der Waals surface area contributed by atoms with Gasteiger partial charge in [-0.05, 0) is 42.7 Å². The van der Waals surface area contributed by atoms with Crippen molar-refractivity contribution in [3.8, 4) is 11.5 Å². The summed E-state index contributed by atoms with van der Waals surface area (Å²) in [5.74, 6) is 1.21. The number of benzene rings is 2. The fourth-order valence-electron chi connectivity index (χ4n) is 2.64. The maximum absolute atomic E-state index is 12.4. The summed E-state index contributed by atoms with van der Waals surface area (Å²) < 4.78 is 10.7. The number of carbonyl (C=O) groups is 2. The number of hydrogen-bond acceptors (Lipinski definition) is 4. The summed E-state index contributed by atoms with van der Waals surface area (Å²) >= 11 is 0. The van der Waals surface area contributed by atoms with E-state index in [2.05, 4.69) is 19.2 Å². The second-order valence-corrected chi connectivity index (χ2v) is 6.70. The van der Waals surface area contributed by atoms with Crippen molar-refractivity contribution in [1.29, 1.82) is 0 Å². The number of nitrogens with one attached hydrogen (secondary N) is 1. The van der Waals surface area contributed by atoms with Gasteiger partial charge >= 0.3 is 0 Å². The Morgan fingerprint density at radius 2 is 1.79 bits per heavy atom. The lowest BCUT2D eigenvalue weighted by Crippen LogP contribution is -2.40. The third-order valence-electron chi connectivity index (χ3n) is 4.33. The Morgan fingerprint density at radius 3 is 2.39 bits per heavy atom. The molecule has 0 unspecified atom stereocenters. The average Bonchev–Trinajstić information content (AvgIpc) is 2.70. The van der Waals surface area contributed by atoms with Gasteiger partial charge in [0.05, 0.1) is 13.7 Å². The maximum Gasteiger partial charge on any atom is 0.260 e. The second-order valence-electron chi connectivity index (χ2n) is 6.70. The van der Waals surface area contributed by atoms with Crippen LogP contribution in [0, 0.1) is 0 Å². The Bertz CT molecular complexity index is 787. The minimum absolute atomic E-state index is 0.0395. The highest BCUT2D eigenvalue weighted by molar-refractivity contribution is 5.94. The monoisotopic (exact) mass is 384 g/mol. The first-order valence-corrected chi connectivity index (χ1v) is 9.37. The van der Waals surface area contributed by atoms with Crippen LogP contribution < -0.4 is 14.8 Å². The lowest BCUT2D eigenvalue weighted by molar-refractivity contribution is -0.136. The van der Waals surface area contributed by atoms with Crippen molar-refractivity contribution in [1.82, 2.24) is 4.90 Å². The van der Waals surface area contributed by atoms with Crippen LogP contribution in [0.15, 0.2) is 48.5 Å². The van der Waals surface area contributed by atoms with E-state index in [-0.39, 0.29) is 25.0 Å². The summed E-state index contributed by atoms with van der Waals surface area (Å²) in [5, 5.41) is 2.77. The minimum Gasteiger partial charge on any atom is -0.497 e. The Balaban J connectivity index is 1.87. The molecule has 2 aromatic rings. The summed E-state index contributed by atoms with van der Waals surface area (Å²) in [7, 11) is 1.56. The van der Waals surface area contributed by atoms with Crippen LogP contribution in [0.25, 0.3) is 0 Å². The predicted molar refractivity (Wildman–Crippen MR) is 110 cm³/mol. The van der Waals surface area contributed by atoms with Crippen molar-refractivity contribution in [2.45, 2.75) is 26.7 Å². The number of amides is 2. The van der Waals surface area contributed by atoms with Crippen LogP contribution in [0.3, 0.4) is 0 Å². The molecule has 6 heteroatoms. The Morgan fingerprint density at radius 1 is 1.07 bits per heavy atom. The quantitative estimate of drug-likeness (QED) is 0.716. The van der Waals surface area contributed by atoms with E-state index in [1.165, 1.54) is 10.5 Å². The molecule has 6 nitrogen and oxygen atoms in total. The molecule has 0 saturated carbocycles. The van der Waals surface area contributed by atoms with Crippen molar-refractivity contribution in [2.24, 2.45) is 0 Å². The standard InChI is InChI=1S/C22H28N2O4/c1-5-24(14-21(25)23-18-7-6-8-20(13-18)27-4)22(26)15-28-19-11-9-17(10-12-19)16(2)3/h6-13,16H,5,14-15H2,1-4H3,(H,23,25). The van der Waals surface area contributed by atoms with Gasteiger partial charge in [-0.3, -0.25) is 9.59 Å². The number of hydrogen-bond donors (Lipinski definition) is 1. The zero-order chi connectivity index (χ0) is 20.5. The molecule has 28 heavy (non-hydrogen) atoms. The maximum atomic E-state index is 12.4. The summed E-state index contributed by atoms with van der Waals surface area (Å²) in [4.78, 5) is 26.1. The number of methoxy groups -OCH3 is 1. The van der Waals surface area contributed by atoms with Gasteiger partial charge in [0.15, 0.2) is 6.61 Å². The van der Waals surface area contributed by atoms with E-state index in [1.807, 2.05) is 31.2 Å². The van der Waals surface area contributed by atoms with Gasteiger partial charge in [0.25, 0.3) is 5.91 Å². The van der Waals surface area contributed by atoms with Gasteiger partial charge in [-0.2, -0.15) is 0 Å². The first-order chi connectivity index (χ1) is 13.4. The number of rotatable bonds is 9. The highest BCUT2D eigenvalue weighted by Gasteiger charge is 2.16. The van der Waals surface area contributed by atoms with E-state index < -0.39 is 0 Å². The van der Waals surface area contributed by atoms with Crippen LogP contribution >= 0.6 is 0 Å². The van der Waals surface area contributed by atoms with Gasteiger partial charge in [0, 0.05) is 18.3 Å². The number of ether oxygens (including phenoxy) is 2. The lowest BCUT2D eigenvalue weighted by atomic mass is 10.0. The Hall–Kier alpha value is -3.02. The lowest BCUT2D eigenvalue weighted by Gasteiger charge is -2.20. The molecule has 0 radical (unpaired) electrons. The molecular weight excluding hydrogens is 356 g/mol. The summed E-state index contributed by atoms with van der Waals surface area (Å²) in [6.45, 7) is 6.34. The molecular formula is C22H28N2O4. The molecule has 0 bridgehead atoms. The van der Waals surface area contributed by atoms with Gasteiger partial charge < -0.3 is 19.7 Å². The van der Waals surface area contributed by atoms with Crippen LogP contribution in [0.4, 0.5) is 5.69 Å². The third-order valence-corrected chi connectivity index (χ3v) is 4.33. The molecule has 0 atom stereocenters. The molecule has 150 valence electrons. The van der Waals surface area contributed by atoms with Crippen LogP contribution in [-0.4, -0.2) is 43.5 Å². The smallest absolute Gasteiger partial charge is 0.260 e. The van der Waals surface area contributed by atoms with E-state index in [0.717, 1.165) is 0 Å². The van der Waals surface area contributed by atoms with Crippen molar-refractivity contribution < 1.29 is 19.1 Å². The van der Waals surface area contributed by atoms with E-state index in [4.69, 9.17) is 9.47 Å². The average molecular weight is 384 g/mol. The molecule has 1 N–H and O–H groups in total. The van der Waals surface area contributed by atoms with Crippen LogP contribution in [0.1, 0.15) is 32.3 Å². The van der Waals surface area contributed by atoms with E-state index in [9.17, 15) is 9.59 Å². The fraction of sp³-hybridized carbons (Fsp3) is 0.364. The van der Waals surface area contributed by atoms with Gasteiger partial charge in [-0.15, -0.1) is 0 Å². The van der Waals surface area contributed by atoms with E-state index in [0.29, 0.717) is 29.6 Å². The largest absolute Gasteiger partial charge is 0.497 e. The van der Waals surface area contributed by atoms with Gasteiger partial charge in [-0.25, -0.2) is 0 Å². The molecule has 0 aliphatic rings. The van der Waals surface area contributed by atoms with Crippen molar-refractivity contribution in [3.63, 3.8) is 0 Å². The summed E-state index contributed by atoms with van der Waals surface area (Å²) in [6.07, 6.45) is 0. The highest BCUT2D eigenvalue weighted by atomic mass is 16.5. The van der Waals surface area contributed by atoms with Crippen LogP contribution in [0.5, 0.6) is 11.5 Å². The normalized spacial score (nSPS) is 10.5. The third kappa shape index (κ3) is 6.30. The topological polar surface area (TPSA) is 67.9 Å². The van der Waals surface area contributed by atoms with Crippen LogP contribution in [-0.2, 0) is 9.59 Å². The van der Waals surface area contributed by atoms with Crippen LogP contribution in [0.2, 0.25) is 0 Å². The highest BCUT2D eigenvalue weighted by Crippen LogP contribution is 2.19. The van der Waals surface area contributed by atoms with E-state index >= 15 is 0 Å². The fourth-order valence-corrected chi connectivity index (χ4v) is 2.64. The molecule has 0 aliphatic heterocycles. The molecule has 0 saturated heterocycles. The number of likely N-dealkylation sites (N-methyl/N-ethyl adjacent to an activating group) is 1. The first kappa shape index (κ1) is 21.3. The van der Waals surface area contributed by atoms with Gasteiger partial charge in [0.1, 0.15) is 11.5 Å². The molecule has 2 amide bonds.